The molecule has 0 unspecified atom stereocenters. The van der Waals surface area contributed by atoms with Crippen molar-refractivity contribution in [1.82, 2.24) is 19.8 Å². The van der Waals surface area contributed by atoms with Crippen molar-refractivity contribution in [1.29, 1.82) is 0 Å². The number of ether oxygens (including phenoxy) is 1. The molecule has 2 heterocycles. The SMILES string of the molecule is Fc1ccc(Oc2ccc3nnc(Cl)n3n2)c(-c2ccccc2)c1. The molecule has 5 nitrogen and oxygen atoms in total. The Morgan fingerprint density at radius 2 is 1.79 bits per heavy atom. The minimum Gasteiger partial charge on any atom is -0.437 e. The Balaban J connectivity index is 1.77. The van der Waals surface area contributed by atoms with E-state index in [0.29, 0.717) is 22.8 Å². The van der Waals surface area contributed by atoms with Gasteiger partial charge in [-0.1, -0.05) is 30.3 Å². The van der Waals surface area contributed by atoms with Gasteiger partial charge >= 0.3 is 0 Å². The van der Waals surface area contributed by atoms with E-state index in [9.17, 15) is 4.39 Å². The number of fused-ring (bicyclic) bond motifs is 1. The van der Waals surface area contributed by atoms with Gasteiger partial charge in [0, 0.05) is 11.6 Å². The molecule has 118 valence electrons. The fraction of sp³-hybridized carbons (Fsp3) is 0. The van der Waals surface area contributed by atoms with Gasteiger partial charge in [0.25, 0.3) is 0 Å². The van der Waals surface area contributed by atoms with Crippen molar-refractivity contribution in [3.05, 3.63) is 71.8 Å². The Morgan fingerprint density at radius 3 is 2.62 bits per heavy atom. The molecule has 0 saturated heterocycles. The van der Waals surface area contributed by atoms with Gasteiger partial charge in [-0.25, -0.2) is 4.39 Å². The summed E-state index contributed by atoms with van der Waals surface area (Å²) >= 11 is 5.92. The highest BCUT2D eigenvalue weighted by molar-refractivity contribution is 6.28. The van der Waals surface area contributed by atoms with Crippen LogP contribution in [0.15, 0.2) is 60.7 Å². The fourth-order valence-electron chi connectivity index (χ4n) is 2.35. The molecule has 0 aliphatic carbocycles. The van der Waals surface area contributed by atoms with E-state index in [-0.39, 0.29) is 11.1 Å². The molecule has 0 N–H and O–H groups in total. The third kappa shape index (κ3) is 2.68. The lowest BCUT2D eigenvalue weighted by atomic mass is 10.0. The first-order valence-electron chi connectivity index (χ1n) is 7.11. The summed E-state index contributed by atoms with van der Waals surface area (Å²) in [5.41, 5.74) is 1.98. The number of rotatable bonds is 3. The minimum absolute atomic E-state index is 0.137. The summed E-state index contributed by atoms with van der Waals surface area (Å²) < 4.78 is 20.9. The van der Waals surface area contributed by atoms with Crippen LogP contribution in [0.5, 0.6) is 11.6 Å². The highest BCUT2D eigenvalue weighted by Crippen LogP contribution is 2.33. The van der Waals surface area contributed by atoms with E-state index in [4.69, 9.17) is 16.3 Å². The molecule has 0 atom stereocenters. The molecular weight excluding hydrogens is 331 g/mol. The molecule has 0 amide bonds. The normalized spacial score (nSPS) is 10.9. The van der Waals surface area contributed by atoms with Crippen molar-refractivity contribution >= 4 is 17.2 Å². The van der Waals surface area contributed by atoms with E-state index < -0.39 is 0 Å². The van der Waals surface area contributed by atoms with Crippen molar-refractivity contribution in [3.8, 4) is 22.8 Å². The van der Waals surface area contributed by atoms with E-state index in [2.05, 4.69) is 15.3 Å². The first kappa shape index (κ1) is 14.6. The van der Waals surface area contributed by atoms with Gasteiger partial charge in [-0.3, -0.25) is 0 Å². The van der Waals surface area contributed by atoms with Gasteiger partial charge < -0.3 is 4.74 Å². The van der Waals surface area contributed by atoms with Crippen LogP contribution in [0.2, 0.25) is 5.28 Å². The summed E-state index contributed by atoms with van der Waals surface area (Å²) in [5, 5.41) is 12.0. The van der Waals surface area contributed by atoms with Crippen molar-refractivity contribution in [3.63, 3.8) is 0 Å². The third-order valence-electron chi connectivity index (χ3n) is 3.44. The molecule has 0 fully saturated rings. The Hall–Kier alpha value is -2.99. The average Bonchev–Trinajstić information content (AvgIpc) is 2.98. The maximum atomic E-state index is 13.7. The van der Waals surface area contributed by atoms with E-state index in [1.54, 1.807) is 18.2 Å². The lowest BCUT2D eigenvalue weighted by Gasteiger charge is -2.11. The van der Waals surface area contributed by atoms with Crippen LogP contribution < -0.4 is 4.74 Å². The van der Waals surface area contributed by atoms with Crippen LogP contribution in [0, 0.1) is 5.82 Å². The summed E-state index contributed by atoms with van der Waals surface area (Å²) in [7, 11) is 0. The standard InChI is InChI=1S/C17H10ClFN4O/c18-17-21-20-15-8-9-16(22-23(15)17)24-14-7-6-12(19)10-13(14)11-4-2-1-3-5-11/h1-10H. The quantitative estimate of drug-likeness (QED) is 0.555. The van der Waals surface area contributed by atoms with Crippen molar-refractivity contribution in [2.45, 2.75) is 0 Å². The first-order chi connectivity index (χ1) is 11.7. The zero-order valence-corrected chi connectivity index (χ0v) is 13.0. The predicted octanol–water partition coefficient (Wildman–Crippen LogP) is 4.38. The number of aromatic nitrogens is 4. The molecule has 0 spiro atoms. The zero-order valence-electron chi connectivity index (χ0n) is 12.2. The predicted molar refractivity (Wildman–Crippen MR) is 87.7 cm³/mol. The van der Waals surface area contributed by atoms with Gasteiger partial charge in [-0.2, -0.15) is 4.52 Å². The maximum absolute atomic E-state index is 13.7. The molecular formula is C17H10ClFN4O. The fourth-order valence-corrected chi connectivity index (χ4v) is 2.51. The lowest BCUT2D eigenvalue weighted by Crippen LogP contribution is -1.97. The van der Waals surface area contributed by atoms with E-state index in [0.717, 1.165) is 5.56 Å². The van der Waals surface area contributed by atoms with Crippen LogP contribution in [0.25, 0.3) is 16.8 Å². The number of hydrogen-bond donors (Lipinski definition) is 0. The molecule has 24 heavy (non-hydrogen) atoms. The van der Waals surface area contributed by atoms with Crippen LogP contribution in [0.3, 0.4) is 0 Å². The van der Waals surface area contributed by atoms with Gasteiger partial charge in [-0.15, -0.1) is 15.3 Å². The van der Waals surface area contributed by atoms with Gasteiger partial charge in [0.2, 0.25) is 11.2 Å². The summed E-state index contributed by atoms with van der Waals surface area (Å²) in [6.45, 7) is 0. The van der Waals surface area contributed by atoms with Crippen molar-refractivity contribution < 1.29 is 9.13 Å². The summed E-state index contributed by atoms with van der Waals surface area (Å²) in [6, 6.07) is 17.1. The van der Waals surface area contributed by atoms with Crippen LogP contribution in [-0.2, 0) is 0 Å². The van der Waals surface area contributed by atoms with E-state index in [1.165, 1.54) is 16.6 Å². The van der Waals surface area contributed by atoms with E-state index in [1.807, 2.05) is 30.3 Å². The summed E-state index contributed by atoms with van der Waals surface area (Å²) in [4.78, 5) is 0. The Bertz CT molecular complexity index is 1020. The monoisotopic (exact) mass is 340 g/mol. The molecule has 4 rings (SSSR count). The Morgan fingerprint density at radius 1 is 0.958 bits per heavy atom. The minimum atomic E-state index is -0.341. The third-order valence-corrected chi connectivity index (χ3v) is 3.68. The number of halogens is 2. The second-order valence-corrected chi connectivity index (χ2v) is 5.36. The highest BCUT2D eigenvalue weighted by atomic mass is 35.5. The van der Waals surface area contributed by atoms with Gasteiger partial charge in [0.05, 0.1) is 0 Å². The smallest absolute Gasteiger partial charge is 0.246 e. The largest absolute Gasteiger partial charge is 0.437 e. The Kier molecular flexibility index (Phi) is 3.59. The van der Waals surface area contributed by atoms with Crippen LogP contribution in [-0.4, -0.2) is 19.8 Å². The van der Waals surface area contributed by atoms with Crippen molar-refractivity contribution in [2.75, 3.05) is 0 Å². The summed E-state index contributed by atoms with van der Waals surface area (Å²) in [5.74, 6) is 0.443. The van der Waals surface area contributed by atoms with Crippen LogP contribution in [0.4, 0.5) is 4.39 Å². The molecule has 2 aromatic heterocycles. The molecule has 0 saturated carbocycles. The van der Waals surface area contributed by atoms with Crippen LogP contribution >= 0.6 is 11.6 Å². The van der Waals surface area contributed by atoms with E-state index >= 15 is 0 Å². The Labute approximate surface area is 141 Å². The first-order valence-corrected chi connectivity index (χ1v) is 7.49. The molecule has 2 aromatic carbocycles. The van der Waals surface area contributed by atoms with Gasteiger partial charge in [0.1, 0.15) is 11.6 Å². The zero-order chi connectivity index (χ0) is 16.5. The molecule has 4 aromatic rings. The molecule has 7 heteroatoms. The topological polar surface area (TPSA) is 52.3 Å². The van der Waals surface area contributed by atoms with Crippen LogP contribution in [0.1, 0.15) is 0 Å². The molecule has 0 aliphatic heterocycles. The molecule has 0 aliphatic rings. The second kappa shape index (κ2) is 5.90. The maximum Gasteiger partial charge on any atom is 0.246 e. The van der Waals surface area contributed by atoms with Gasteiger partial charge in [-0.05, 0) is 41.4 Å². The van der Waals surface area contributed by atoms with Gasteiger partial charge in [0.15, 0.2) is 5.65 Å². The lowest BCUT2D eigenvalue weighted by molar-refractivity contribution is 0.452. The molecule has 0 radical (unpaired) electrons. The summed E-state index contributed by atoms with van der Waals surface area (Å²) in [6.07, 6.45) is 0. The number of hydrogen-bond acceptors (Lipinski definition) is 4. The van der Waals surface area contributed by atoms with Crippen molar-refractivity contribution in [2.24, 2.45) is 0 Å². The average molecular weight is 341 g/mol. The highest BCUT2D eigenvalue weighted by Gasteiger charge is 2.11. The second-order valence-electron chi connectivity index (χ2n) is 5.02. The number of nitrogens with zero attached hydrogens (tertiary/aromatic N) is 4. The molecule has 0 bridgehead atoms. The number of benzene rings is 2.